The van der Waals surface area contributed by atoms with E-state index in [1.807, 2.05) is 0 Å². The van der Waals surface area contributed by atoms with Gasteiger partial charge in [0.1, 0.15) is 11.8 Å². The Kier molecular flexibility index (Phi) is 2.72. The first-order valence-electron chi connectivity index (χ1n) is 4.91. The van der Waals surface area contributed by atoms with Crippen LogP contribution in [0.1, 0.15) is 17.3 Å². The molecule has 0 bridgehead atoms. The van der Waals surface area contributed by atoms with Crippen LogP contribution in [0.25, 0.3) is 10.8 Å². The molecule has 0 atom stereocenters. The Morgan fingerprint density at radius 3 is 2.69 bits per heavy atom. The number of benzene rings is 1. The average molecular weight is 218 g/mol. The lowest BCUT2D eigenvalue weighted by Gasteiger charge is -2.03. The first-order valence-corrected chi connectivity index (χ1v) is 4.91. The van der Waals surface area contributed by atoms with Crippen LogP contribution >= 0.6 is 0 Å². The van der Waals surface area contributed by atoms with E-state index in [1.54, 1.807) is 31.2 Å². The maximum atomic E-state index is 11.6. The van der Waals surface area contributed by atoms with Crippen molar-refractivity contribution in [3.8, 4) is 0 Å². The molecule has 0 aliphatic carbocycles. The number of carbonyl (C=O) groups excluding carboxylic acids is 1. The van der Waals surface area contributed by atoms with Crippen molar-refractivity contribution < 1.29 is 13.9 Å². The monoisotopic (exact) mass is 218 g/mol. The lowest BCUT2D eigenvalue weighted by atomic mass is 10.1. The molecule has 0 spiro atoms. The predicted molar refractivity (Wildman–Crippen MR) is 58.4 cm³/mol. The van der Waals surface area contributed by atoms with E-state index < -0.39 is 11.6 Å². The van der Waals surface area contributed by atoms with Crippen LogP contribution in [0.2, 0.25) is 0 Å². The quantitative estimate of drug-likeness (QED) is 0.723. The summed E-state index contributed by atoms with van der Waals surface area (Å²) in [4.78, 5) is 23.0. The van der Waals surface area contributed by atoms with Crippen molar-refractivity contribution in [2.75, 3.05) is 6.61 Å². The summed E-state index contributed by atoms with van der Waals surface area (Å²) >= 11 is 0. The van der Waals surface area contributed by atoms with Crippen LogP contribution in [0.5, 0.6) is 0 Å². The van der Waals surface area contributed by atoms with Crippen molar-refractivity contribution in [2.45, 2.75) is 6.92 Å². The smallest absolute Gasteiger partial charge is 0.343 e. The summed E-state index contributed by atoms with van der Waals surface area (Å²) in [6.07, 6.45) is 1.14. The van der Waals surface area contributed by atoms with Gasteiger partial charge in [-0.2, -0.15) is 0 Å². The summed E-state index contributed by atoms with van der Waals surface area (Å²) < 4.78 is 9.66. The third kappa shape index (κ3) is 1.69. The Morgan fingerprint density at radius 2 is 2.00 bits per heavy atom. The third-order valence-electron chi connectivity index (χ3n) is 2.22. The van der Waals surface area contributed by atoms with Crippen LogP contribution in [0.15, 0.2) is 39.7 Å². The van der Waals surface area contributed by atoms with Gasteiger partial charge in [0.25, 0.3) is 0 Å². The van der Waals surface area contributed by atoms with Crippen LogP contribution in [-0.2, 0) is 4.74 Å². The fraction of sp³-hybridized carbons (Fsp3) is 0.167. The van der Waals surface area contributed by atoms with E-state index >= 15 is 0 Å². The molecule has 0 radical (unpaired) electrons. The molecule has 1 heterocycles. The molecule has 1 aromatic heterocycles. The van der Waals surface area contributed by atoms with Crippen molar-refractivity contribution in [2.24, 2.45) is 0 Å². The summed E-state index contributed by atoms with van der Waals surface area (Å²) in [7, 11) is 0. The van der Waals surface area contributed by atoms with Crippen molar-refractivity contribution in [1.82, 2.24) is 0 Å². The van der Waals surface area contributed by atoms with Crippen LogP contribution in [-0.4, -0.2) is 12.6 Å². The van der Waals surface area contributed by atoms with Gasteiger partial charge in [0.15, 0.2) is 0 Å². The number of ether oxygens (including phenoxy) is 1. The SMILES string of the molecule is CCOC(=O)c1coc(=O)c2ccccc12. The van der Waals surface area contributed by atoms with E-state index in [0.29, 0.717) is 10.8 Å². The number of carbonyl (C=O) groups is 1. The van der Waals surface area contributed by atoms with Crippen LogP contribution in [0.4, 0.5) is 0 Å². The highest BCUT2D eigenvalue weighted by Gasteiger charge is 2.13. The zero-order valence-corrected chi connectivity index (χ0v) is 8.73. The average Bonchev–Trinajstić information content (AvgIpc) is 2.30. The van der Waals surface area contributed by atoms with Gasteiger partial charge in [-0.15, -0.1) is 0 Å². The Labute approximate surface area is 91.4 Å². The van der Waals surface area contributed by atoms with Crippen LogP contribution < -0.4 is 5.63 Å². The van der Waals surface area contributed by atoms with Gasteiger partial charge in [-0.3, -0.25) is 0 Å². The number of esters is 1. The molecule has 82 valence electrons. The van der Waals surface area contributed by atoms with Gasteiger partial charge in [-0.25, -0.2) is 9.59 Å². The second kappa shape index (κ2) is 4.18. The third-order valence-corrected chi connectivity index (χ3v) is 2.22. The summed E-state index contributed by atoms with van der Waals surface area (Å²) in [5.74, 6) is -0.484. The standard InChI is InChI=1S/C12H10O4/c1-2-15-12(14)10-7-16-11(13)9-6-4-3-5-8(9)10/h3-7H,2H2,1H3. The zero-order chi connectivity index (χ0) is 11.5. The second-order valence-corrected chi connectivity index (χ2v) is 3.20. The second-order valence-electron chi connectivity index (χ2n) is 3.20. The van der Waals surface area contributed by atoms with Gasteiger partial charge in [0.05, 0.1) is 12.0 Å². The van der Waals surface area contributed by atoms with Crippen molar-refractivity contribution >= 4 is 16.7 Å². The molecular formula is C12H10O4. The lowest BCUT2D eigenvalue weighted by molar-refractivity contribution is 0.0526. The van der Waals surface area contributed by atoms with Gasteiger partial charge >= 0.3 is 11.6 Å². The molecule has 4 heteroatoms. The largest absolute Gasteiger partial charge is 0.462 e. The maximum Gasteiger partial charge on any atom is 0.343 e. The minimum absolute atomic E-state index is 0.275. The van der Waals surface area contributed by atoms with E-state index in [0.717, 1.165) is 6.26 Å². The van der Waals surface area contributed by atoms with E-state index in [2.05, 4.69) is 0 Å². The topological polar surface area (TPSA) is 56.5 Å². The molecule has 4 nitrogen and oxygen atoms in total. The Bertz CT molecular complexity index is 583. The number of hydrogen-bond donors (Lipinski definition) is 0. The highest BCUT2D eigenvalue weighted by atomic mass is 16.5. The van der Waals surface area contributed by atoms with Gasteiger partial charge in [0, 0.05) is 5.39 Å². The molecule has 0 aliphatic heterocycles. The van der Waals surface area contributed by atoms with Gasteiger partial charge in [-0.1, -0.05) is 18.2 Å². The molecule has 0 amide bonds. The lowest BCUT2D eigenvalue weighted by Crippen LogP contribution is -2.09. The molecule has 0 N–H and O–H groups in total. The fourth-order valence-corrected chi connectivity index (χ4v) is 1.50. The molecule has 2 rings (SSSR count). The van der Waals surface area contributed by atoms with Gasteiger partial charge in [0.2, 0.25) is 0 Å². The molecule has 2 aromatic rings. The number of rotatable bonds is 2. The highest BCUT2D eigenvalue weighted by molar-refractivity contribution is 6.03. The minimum atomic E-state index is -0.484. The zero-order valence-electron chi connectivity index (χ0n) is 8.73. The van der Waals surface area contributed by atoms with Gasteiger partial charge in [-0.05, 0) is 13.0 Å². The minimum Gasteiger partial charge on any atom is -0.462 e. The molecule has 0 saturated carbocycles. The first kappa shape index (κ1) is 10.4. The highest BCUT2D eigenvalue weighted by Crippen LogP contribution is 2.15. The maximum absolute atomic E-state index is 11.6. The number of hydrogen-bond acceptors (Lipinski definition) is 4. The predicted octanol–water partition coefficient (Wildman–Crippen LogP) is 1.97. The van der Waals surface area contributed by atoms with Gasteiger partial charge < -0.3 is 9.15 Å². The van der Waals surface area contributed by atoms with Crippen molar-refractivity contribution in [3.05, 3.63) is 46.5 Å². The van der Waals surface area contributed by atoms with Crippen LogP contribution in [0, 0.1) is 0 Å². The molecular weight excluding hydrogens is 208 g/mol. The van der Waals surface area contributed by atoms with Crippen LogP contribution in [0.3, 0.4) is 0 Å². The van der Waals surface area contributed by atoms with E-state index in [9.17, 15) is 9.59 Å². The van der Waals surface area contributed by atoms with E-state index in [4.69, 9.17) is 9.15 Å². The summed E-state index contributed by atoms with van der Waals surface area (Å²) in [5.41, 5.74) is -0.180. The Morgan fingerprint density at radius 1 is 1.31 bits per heavy atom. The molecule has 16 heavy (non-hydrogen) atoms. The molecule has 0 saturated heterocycles. The summed E-state index contributed by atoms with van der Waals surface area (Å²) in [6, 6.07) is 6.78. The molecule has 0 unspecified atom stereocenters. The van der Waals surface area contributed by atoms with Crippen molar-refractivity contribution in [1.29, 1.82) is 0 Å². The first-order chi connectivity index (χ1) is 7.74. The Hall–Kier alpha value is -2.10. The van der Waals surface area contributed by atoms with Crippen molar-refractivity contribution in [3.63, 3.8) is 0 Å². The summed E-state index contributed by atoms with van der Waals surface area (Å²) in [6.45, 7) is 2.01. The number of fused-ring (bicyclic) bond motifs is 1. The fourth-order valence-electron chi connectivity index (χ4n) is 1.50. The van der Waals surface area contributed by atoms with E-state index in [-0.39, 0.29) is 12.2 Å². The Balaban J connectivity index is 2.68. The summed E-state index contributed by atoms with van der Waals surface area (Å²) in [5, 5.41) is 0.935. The molecule has 1 aromatic carbocycles. The molecule has 0 fully saturated rings. The molecule has 0 aliphatic rings. The van der Waals surface area contributed by atoms with E-state index in [1.165, 1.54) is 0 Å². The normalized spacial score (nSPS) is 10.3.